The van der Waals surface area contributed by atoms with E-state index in [-0.39, 0.29) is 18.1 Å². The van der Waals surface area contributed by atoms with Crippen LogP contribution in [-0.2, 0) is 4.74 Å². The highest BCUT2D eigenvalue weighted by molar-refractivity contribution is 9.10. The molecule has 7 heteroatoms. The molecule has 100 valence electrons. The number of carbonyl (C=O) groups is 1. The highest BCUT2D eigenvalue weighted by Gasteiger charge is 2.18. The van der Waals surface area contributed by atoms with Crippen molar-refractivity contribution in [1.29, 1.82) is 0 Å². The van der Waals surface area contributed by atoms with Crippen LogP contribution in [0.25, 0.3) is 5.69 Å². The van der Waals surface area contributed by atoms with Gasteiger partial charge in [-0.15, -0.1) is 0 Å². The average molecular weight is 345 g/mol. The first kappa shape index (κ1) is 13.9. The fraction of sp³-hybridized carbons (Fsp3) is 0.167. The van der Waals surface area contributed by atoms with Crippen LogP contribution < -0.4 is 5.73 Å². The molecule has 2 aromatic rings. The van der Waals surface area contributed by atoms with E-state index in [0.29, 0.717) is 10.7 Å². The Labute approximate surface area is 123 Å². The first-order valence-corrected chi connectivity index (χ1v) is 6.67. The summed E-state index contributed by atoms with van der Waals surface area (Å²) >= 11 is 9.46. The van der Waals surface area contributed by atoms with E-state index in [1.165, 1.54) is 6.33 Å². The number of hydrogen-bond donors (Lipinski definition) is 1. The topological polar surface area (TPSA) is 70.1 Å². The number of anilines is 1. The Balaban J connectivity index is 2.44. The predicted molar refractivity (Wildman–Crippen MR) is 76.6 cm³/mol. The predicted octanol–water partition coefficient (Wildman–Crippen LogP) is 3.05. The van der Waals surface area contributed by atoms with Crippen molar-refractivity contribution in [1.82, 2.24) is 9.55 Å². The van der Waals surface area contributed by atoms with Gasteiger partial charge in [-0.05, 0) is 25.1 Å². The van der Waals surface area contributed by atoms with Gasteiger partial charge in [0.15, 0.2) is 5.69 Å². The molecule has 0 unspecified atom stereocenters. The molecule has 0 aliphatic rings. The highest BCUT2D eigenvalue weighted by Crippen LogP contribution is 2.27. The van der Waals surface area contributed by atoms with Crippen LogP contribution in [0.1, 0.15) is 17.4 Å². The lowest BCUT2D eigenvalue weighted by Gasteiger charge is -2.08. The van der Waals surface area contributed by atoms with Gasteiger partial charge in [0.1, 0.15) is 12.1 Å². The average Bonchev–Trinajstić information content (AvgIpc) is 2.72. The van der Waals surface area contributed by atoms with Crippen LogP contribution in [-0.4, -0.2) is 22.1 Å². The van der Waals surface area contributed by atoms with Crippen molar-refractivity contribution < 1.29 is 9.53 Å². The van der Waals surface area contributed by atoms with E-state index < -0.39 is 5.97 Å². The fourth-order valence-electron chi connectivity index (χ4n) is 1.58. The molecule has 0 radical (unpaired) electrons. The van der Waals surface area contributed by atoms with E-state index in [9.17, 15) is 4.79 Å². The maximum Gasteiger partial charge on any atom is 0.360 e. The lowest BCUT2D eigenvalue weighted by atomic mass is 10.3. The van der Waals surface area contributed by atoms with Gasteiger partial charge in [-0.1, -0.05) is 27.5 Å². The van der Waals surface area contributed by atoms with Crippen molar-refractivity contribution in [2.75, 3.05) is 12.3 Å². The second kappa shape index (κ2) is 5.63. The van der Waals surface area contributed by atoms with Gasteiger partial charge >= 0.3 is 5.97 Å². The second-order valence-corrected chi connectivity index (χ2v) is 4.99. The van der Waals surface area contributed by atoms with E-state index in [1.54, 1.807) is 23.6 Å². The van der Waals surface area contributed by atoms with Gasteiger partial charge in [0.25, 0.3) is 0 Å². The number of nitrogen functional groups attached to an aromatic ring is 1. The minimum absolute atomic E-state index is 0.0841. The summed E-state index contributed by atoms with van der Waals surface area (Å²) in [6.07, 6.45) is 1.44. The van der Waals surface area contributed by atoms with Crippen molar-refractivity contribution in [3.8, 4) is 5.69 Å². The molecule has 1 aromatic carbocycles. The zero-order valence-electron chi connectivity index (χ0n) is 10.1. The number of nitrogens with zero attached hydrogens (tertiary/aromatic N) is 2. The maximum atomic E-state index is 11.6. The summed E-state index contributed by atoms with van der Waals surface area (Å²) in [5.41, 5.74) is 6.63. The van der Waals surface area contributed by atoms with Crippen LogP contribution in [0.3, 0.4) is 0 Å². The van der Waals surface area contributed by atoms with E-state index in [4.69, 9.17) is 22.1 Å². The number of halogens is 2. The first-order valence-electron chi connectivity index (χ1n) is 5.50. The molecule has 0 amide bonds. The SMILES string of the molecule is CCOC(=O)c1ncn(-c2ccc(Br)cc2Cl)c1N. The van der Waals surface area contributed by atoms with Crippen molar-refractivity contribution in [3.63, 3.8) is 0 Å². The molecule has 0 aliphatic heterocycles. The molecule has 19 heavy (non-hydrogen) atoms. The lowest BCUT2D eigenvalue weighted by molar-refractivity contribution is 0.0521. The number of benzene rings is 1. The summed E-state index contributed by atoms with van der Waals surface area (Å²) in [5.74, 6) is -0.352. The van der Waals surface area contributed by atoms with E-state index >= 15 is 0 Å². The third-order valence-corrected chi connectivity index (χ3v) is 3.24. The van der Waals surface area contributed by atoms with Gasteiger partial charge in [-0.2, -0.15) is 0 Å². The molecule has 0 atom stereocenters. The standard InChI is InChI=1S/C12H11BrClN3O2/c1-2-19-12(18)10-11(15)17(6-16-10)9-4-3-7(13)5-8(9)14/h3-6H,2,15H2,1H3. The number of imidazole rings is 1. The van der Waals surface area contributed by atoms with Crippen LogP contribution in [0, 0.1) is 0 Å². The van der Waals surface area contributed by atoms with Gasteiger partial charge in [-0.25, -0.2) is 9.78 Å². The second-order valence-electron chi connectivity index (χ2n) is 3.66. The smallest absolute Gasteiger partial charge is 0.360 e. The Hall–Kier alpha value is -1.53. The molecule has 0 fully saturated rings. The Morgan fingerprint density at radius 1 is 1.58 bits per heavy atom. The van der Waals surface area contributed by atoms with Crippen LogP contribution in [0.15, 0.2) is 29.0 Å². The quantitative estimate of drug-likeness (QED) is 0.869. The van der Waals surface area contributed by atoms with E-state index in [0.717, 1.165) is 4.47 Å². The number of hydrogen-bond acceptors (Lipinski definition) is 4. The van der Waals surface area contributed by atoms with Crippen LogP contribution in [0.2, 0.25) is 5.02 Å². The molecule has 2 rings (SSSR count). The van der Waals surface area contributed by atoms with Gasteiger partial charge in [-0.3, -0.25) is 4.57 Å². The molecule has 1 heterocycles. The van der Waals surface area contributed by atoms with Crippen LogP contribution in [0.4, 0.5) is 5.82 Å². The summed E-state index contributed by atoms with van der Waals surface area (Å²) in [4.78, 5) is 15.6. The molecule has 0 spiro atoms. The zero-order valence-corrected chi connectivity index (χ0v) is 12.4. The molecule has 5 nitrogen and oxygen atoms in total. The third kappa shape index (κ3) is 2.74. The van der Waals surface area contributed by atoms with Crippen molar-refractivity contribution in [2.45, 2.75) is 6.92 Å². The van der Waals surface area contributed by atoms with Crippen LogP contribution >= 0.6 is 27.5 Å². The number of rotatable bonds is 3. The molecule has 2 N–H and O–H groups in total. The van der Waals surface area contributed by atoms with Gasteiger partial charge in [0.2, 0.25) is 0 Å². The highest BCUT2D eigenvalue weighted by atomic mass is 79.9. The molecule has 0 bridgehead atoms. The molecule has 0 saturated carbocycles. The fourth-order valence-corrected chi connectivity index (χ4v) is 2.35. The van der Waals surface area contributed by atoms with Crippen molar-refractivity contribution >= 4 is 39.3 Å². The molecular formula is C12H11BrClN3O2. The van der Waals surface area contributed by atoms with E-state index in [2.05, 4.69) is 20.9 Å². The van der Waals surface area contributed by atoms with Gasteiger partial charge in [0.05, 0.1) is 17.3 Å². The minimum Gasteiger partial charge on any atom is -0.461 e. The first-order chi connectivity index (χ1) is 9.04. The van der Waals surface area contributed by atoms with Gasteiger partial charge < -0.3 is 10.5 Å². The third-order valence-electron chi connectivity index (χ3n) is 2.44. The molecule has 0 aliphatic carbocycles. The molecular weight excluding hydrogens is 334 g/mol. The van der Waals surface area contributed by atoms with E-state index in [1.807, 2.05) is 6.07 Å². The van der Waals surface area contributed by atoms with Gasteiger partial charge in [0, 0.05) is 4.47 Å². The lowest BCUT2D eigenvalue weighted by Crippen LogP contribution is -2.09. The monoisotopic (exact) mass is 343 g/mol. The largest absolute Gasteiger partial charge is 0.461 e. The summed E-state index contributed by atoms with van der Waals surface area (Å²) in [5, 5.41) is 0.494. The number of ether oxygens (including phenoxy) is 1. The Morgan fingerprint density at radius 2 is 2.32 bits per heavy atom. The zero-order chi connectivity index (χ0) is 14.0. The summed E-state index contributed by atoms with van der Waals surface area (Å²) in [7, 11) is 0. The maximum absolute atomic E-state index is 11.6. The minimum atomic E-state index is -0.549. The Morgan fingerprint density at radius 3 is 2.95 bits per heavy atom. The molecule has 0 saturated heterocycles. The molecule has 1 aromatic heterocycles. The van der Waals surface area contributed by atoms with Crippen LogP contribution in [0.5, 0.6) is 0 Å². The number of nitrogens with two attached hydrogens (primary N) is 1. The summed E-state index contributed by atoms with van der Waals surface area (Å²) < 4.78 is 7.27. The number of carbonyl (C=O) groups excluding carboxylic acids is 1. The summed E-state index contributed by atoms with van der Waals surface area (Å²) in [6.45, 7) is 1.99. The van der Waals surface area contributed by atoms with Crippen molar-refractivity contribution in [2.24, 2.45) is 0 Å². The van der Waals surface area contributed by atoms with Crippen molar-refractivity contribution in [3.05, 3.63) is 39.7 Å². The number of esters is 1. The Bertz CT molecular complexity index is 627. The summed E-state index contributed by atoms with van der Waals surface area (Å²) in [6, 6.07) is 5.34. The Kier molecular flexibility index (Phi) is 4.11. The number of aromatic nitrogens is 2. The normalized spacial score (nSPS) is 10.5.